The summed E-state index contributed by atoms with van der Waals surface area (Å²) in [5, 5.41) is 14.1. The third kappa shape index (κ3) is 5.38. The molecule has 0 heterocycles. The first-order chi connectivity index (χ1) is 13.8. The van der Waals surface area contributed by atoms with E-state index < -0.39 is 6.10 Å². The number of amides is 1. The molecule has 0 aromatic heterocycles. The summed E-state index contributed by atoms with van der Waals surface area (Å²) in [6.07, 6.45) is -0.917. The molecule has 0 aliphatic carbocycles. The van der Waals surface area contributed by atoms with Gasteiger partial charge in [0.2, 0.25) is 0 Å². The third-order valence-electron chi connectivity index (χ3n) is 4.42. The van der Waals surface area contributed by atoms with E-state index in [1.807, 2.05) is 56.3 Å². The topological polar surface area (TPSA) is 58.6 Å². The fourth-order valence-electron chi connectivity index (χ4n) is 3.10. The summed E-state index contributed by atoms with van der Waals surface area (Å²) < 4.78 is 6.52. The van der Waals surface area contributed by atoms with Crippen LogP contribution in [-0.4, -0.2) is 17.6 Å². The zero-order chi connectivity index (χ0) is 21.0. The molecule has 3 rings (SSSR count). The molecular formula is C23H21BrClNO3. The fourth-order valence-corrected chi connectivity index (χ4v) is 4.07. The second kappa shape index (κ2) is 9.44. The van der Waals surface area contributed by atoms with Gasteiger partial charge in [-0.05, 0) is 70.7 Å². The number of rotatable bonds is 6. The number of aliphatic hydroxyl groups is 1. The molecule has 0 unspecified atom stereocenters. The largest absolute Gasteiger partial charge is 0.482 e. The minimum absolute atomic E-state index is 0.161. The van der Waals surface area contributed by atoms with Crippen molar-refractivity contribution in [3.8, 4) is 5.75 Å². The first kappa shape index (κ1) is 21.4. The summed E-state index contributed by atoms with van der Waals surface area (Å²) in [5.41, 5.74) is 3.76. The van der Waals surface area contributed by atoms with Crippen molar-refractivity contribution in [2.24, 2.45) is 0 Å². The highest BCUT2D eigenvalue weighted by Gasteiger charge is 2.17. The van der Waals surface area contributed by atoms with Crippen molar-refractivity contribution in [2.75, 3.05) is 11.9 Å². The van der Waals surface area contributed by atoms with Crippen LogP contribution in [-0.2, 0) is 4.79 Å². The highest BCUT2D eigenvalue weighted by molar-refractivity contribution is 9.10. The number of halogens is 2. The van der Waals surface area contributed by atoms with Gasteiger partial charge in [0.25, 0.3) is 5.91 Å². The van der Waals surface area contributed by atoms with Crippen molar-refractivity contribution in [3.63, 3.8) is 0 Å². The minimum atomic E-state index is -0.917. The number of anilines is 1. The standard InChI is InChI=1S/C23H21BrClNO3/c1-14-10-15(2)23(19(24)11-14)29-13-21(27)26-20-9-8-17(25)12-18(20)22(28)16-6-4-3-5-7-16/h3-12,22,28H,13H2,1-2H3,(H,26,27)/t22-/m1/s1. The molecular weight excluding hydrogens is 454 g/mol. The maximum absolute atomic E-state index is 12.5. The van der Waals surface area contributed by atoms with E-state index in [0.29, 0.717) is 27.6 Å². The van der Waals surface area contributed by atoms with Gasteiger partial charge in [0.15, 0.2) is 6.61 Å². The lowest BCUT2D eigenvalue weighted by Crippen LogP contribution is -2.22. The lowest BCUT2D eigenvalue weighted by molar-refractivity contribution is -0.118. The van der Waals surface area contributed by atoms with Gasteiger partial charge >= 0.3 is 0 Å². The summed E-state index contributed by atoms with van der Waals surface area (Å²) in [4.78, 5) is 12.5. The predicted octanol–water partition coefficient (Wildman–Crippen LogP) is 5.82. The number of hydrogen-bond acceptors (Lipinski definition) is 3. The number of ether oxygens (including phenoxy) is 1. The molecule has 0 aliphatic heterocycles. The van der Waals surface area contributed by atoms with Gasteiger partial charge in [-0.15, -0.1) is 0 Å². The highest BCUT2D eigenvalue weighted by Crippen LogP contribution is 2.32. The second-order valence-corrected chi connectivity index (χ2v) is 8.07. The van der Waals surface area contributed by atoms with Crippen LogP contribution in [0.25, 0.3) is 0 Å². The van der Waals surface area contributed by atoms with Crippen LogP contribution in [0, 0.1) is 13.8 Å². The molecule has 0 saturated carbocycles. The summed E-state index contributed by atoms with van der Waals surface area (Å²) in [6, 6.07) is 18.1. The van der Waals surface area contributed by atoms with Crippen molar-refractivity contribution in [1.82, 2.24) is 0 Å². The normalized spacial score (nSPS) is 11.8. The Hall–Kier alpha value is -2.34. The maximum atomic E-state index is 12.5. The summed E-state index contributed by atoms with van der Waals surface area (Å²) in [5.74, 6) is 0.298. The van der Waals surface area contributed by atoms with Crippen molar-refractivity contribution in [3.05, 3.63) is 92.4 Å². The Bertz CT molecular complexity index is 1000. The Balaban J connectivity index is 1.76. The molecule has 1 amide bonds. The number of aliphatic hydroxyl groups excluding tert-OH is 1. The first-order valence-corrected chi connectivity index (χ1v) is 10.2. The average molecular weight is 475 g/mol. The van der Waals surface area contributed by atoms with Gasteiger partial charge in [0.05, 0.1) is 4.47 Å². The van der Waals surface area contributed by atoms with Crippen LogP contribution in [0.1, 0.15) is 28.4 Å². The second-order valence-electron chi connectivity index (χ2n) is 6.77. The van der Waals surface area contributed by atoms with Crippen molar-refractivity contribution in [1.29, 1.82) is 0 Å². The molecule has 6 heteroatoms. The number of benzene rings is 3. The third-order valence-corrected chi connectivity index (χ3v) is 5.24. The van der Waals surface area contributed by atoms with Gasteiger partial charge in [0, 0.05) is 16.3 Å². The molecule has 0 radical (unpaired) electrons. The molecule has 4 nitrogen and oxygen atoms in total. The molecule has 1 atom stereocenters. The van der Waals surface area contributed by atoms with E-state index in [1.54, 1.807) is 18.2 Å². The van der Waals surface area contributed by atoms with Crippen molar-refractivity contribution >= 4 is 39.1 Å². The number of aryl methyl sites for hydroxylation is 2. The van der Waals surface area contributed by atoms with E-state index >= 15 is 0 Å². The lowest BCUT2D eigenvalue weighted by Gasteiger charge is -2.18. The fraction of sp³-hybridized carbons (Fsp3) is 0.174. The Morgan fingerprint density at radius 1 is 1.14 bits per heavy atom. The Morgan fingerprint density at radius 3 is 2.55 bits per heavy atom. The number of nitrogens with one attached hydrogen (secondary N) is 1. The Kier molecular flexibility index (Phi) is 6.96. The molecule has 0 bridgehead atoms. The summed E-state index contributed by atoms with van der Waals surface area (Å²) >= 11 is 9.59. The Morgan fingerprint density at radius 2 is 1.86 bits per heavy atom. The molecule has 2 N–H and O–H groups in total. The summed E-state index contributed by atoms with van der Waals surface area (Å²) in [7, 11) is 0. The zero-order valence-electron chi connectivity index (χ0n) is 16.1. The highest BCUT2D eigenvalue weighted by atomic mass is 79.9. The maximum Gasteiger partial charge on any atom is 0.262 e. The molecule has 0 aliphatic rings. The number of carbonyl (C=O) groups is 1. The molecule has 0 saturated heterocycles. The van der Waals surface area contributed by atoms with Crippen molar-refractivity contribution in [2.45, 2.75) is 20.0 Å². The van der Waals surface area contributed by atoms with E-state index in [9.17, 15) is 9.90 Å². The molecule has 3 aromatic rings. The number of carbonyl (C=O) groups excluding carboxylic acids is 1. The van der Waals surface area contributed by atoms with Gasteiger partial charge < -0.3 is 15.2 Å². The zero-order valence-corrected chi connectivity index (χ0v) is 18.4. The quantitative estimate of drug-likeness (QED) is 0.473. The summed E-state index contributed by atoms with van der Waals surface area (Å²) in [6.45, 7) is 3.76. The van der Waals surface area contributed by atoms with E-state index in [4.69, 9.17) is 16.3 Å². The van der Waals surface area contributed by atoms with Crippen LogP contribution >= 0.6 is 27.5 Å². The predicted molar refractivity (Wildman–Crippen MR) is 120 cm³/mol. The van der Waals surface area contributed by atoms with E-state index in [-0.39, 0.29) is 12.5 Å². The monoisotopic (exact) mass is 473 g/mol. The SMILES string of the molecule is Cc1cc(C)c(OCC(=O)Nc2ccc(Cl)cc2[C@H](O)c2ccccc2)c(Br)c1. The average Bonchev–Trinajstić information content (AvgIpc) is 2.68. The molecule has 3 aromatic carbocycles. The van der Waals surface area contributed by atoms with Gasteiger partial charge in [-0.1, -0.05) is 48.0 Å². The van der Waals surface area contributed by atoms with Gasteiger partial charge in [-0.3, -0.25) is 4.79 Å². The molecule has 29 heavy (non-hydrogen) atoms. The lowest BCUT2D eigenvalue weighted by atomic mass is 10.00. The van der Waals surface area contributed by atoms with Crippen LogP contribution in [0.15, 0.2) is 65.1 Å². The Labute approximate surface area is 183 Å². The smallest absolute Gasteiger partial charge is 0.262 e. The van der Waals surface area contributed by atoms with Crippen LogP contribution in [0.2, 0.25) is 5.02 Å². The van der Waals surface area contributed by atoms with Crippen LogP contribution in [0.5, 0.6) is 5.75 Å². The van der Waals surface area contributed by atoms with Gasteiger partial charge in [0.1, 0.15) is 11.9 Å². The molecule has 150 valence electrons. The van der Waals surface area contributed by atoms with Crippen LogP contribution in [0.4, 0.5) is 5.69 Å². The minimum Gasteiger partial charge on any atom is -0.482 e. The number of hydrogen-bond donors (Lipinski definition) is 2. The van der Waals surface area contributed by atoms with E-state index in [2.05, 4.69) is 21.2 Å². The molecule has 0 spiro atoms. The van der Waals surface area contributed by atoms with E-state index in [0.717, 1.165) is 15.6 Å². The van der Waals surface area contributed by atoms with Crippen molar-refractivity contribution < 1.29 is 14.6 Å². The van der Waals surface area contributed by atoms with Crippen LogP contribution < -0.4 is 10.1 Å². The molecule has 0 fully saturated rings. The first-order valence-electron chi connectivity index (χ1n) is 9.07. The van der Waals surface area contributed by atoms with Crippen LogP contribution in [0.3, 0.4) is 0 Å². The van der Waals surface area contributed by atoms with Gasteiger partial charge in [-0.2, -0.15) is 0 Å². The van der Waals surface area contributed by atoms with E-state index in [1.165, 1.54) is 0 Å². The van der Waals surface area contributed by atoms with Gasteiger partial charge in [-0.25, -0.2) is 0 Å².